The van der Waals surface area contributed by atoms with Gasteiger partial charge in [0, 0.05) is 15.6 Å². The van der Waals surface area contributed by atoms with Gasteiger partial charge in [0.1, 0.15) is 5.82 Å². The second-order valence-corrected chi connectivity index (χ2v) is 4.46. The third-order valence-corrected chi connectivity index (χ3v) is 3.00. The highest BCUT2D eigenvalue weighted by Gasteiger charge is 2.15. The van der Waals surface area contributed by atoms with E-state index in [9.17, 15) is 9.18 Å². The van der Waals surface area contributed by atoms with E-state index in [1.54, 1.807) is 18.2 Å². The van der Waals surface area contributed by atoms with Crippen molar-refractivity contribution in [1.29, 1.82) is 0 Å². The number of carboxylic acids is 1. The SMILES string of the molecule is O=C(O)c1cc(F)ccc1-c1cc(Cl)ccc1Cl. The summed E-state index contributed by atoms with van der Waals surface area (Å²) in [6.45, 7) is 0. The zero-order valence-corrected chi connectivity index (χ0v) is 10.5. The lowest BCUT2D eigenvalue weighted by atomic mass is 9.99. The number of aromatic carboxylic acids is 1. The van der Waals surface area contributed by atoms with Gasteiger partial charge >= 0.3 is 5.97 Å². The normalized spacial score (nSPS) is 10.4. The maximum absolute atomic E-state index is 13.1. The summed E-state index contributed by atoms with van der Waals surface area (Å²) < 4.78 is 13.1. The molecule has 0 heterocycles. The molecule has 2 aromatic carbocycles. The van der Waals surface area contributed by atoms with Crippen LogP contribution in [0.15, 0.2) is 36.4 Å². The molecular formula is C13H7Cl2FO2. The maximum atomic E-state index is 13.1. The molecule has 0 saturated carbocycles. The van der Waals surface area contributed by atoms with Gasteiger partial charge in [-0.2, -0.15) is 0 Å². The van der Waals surface area contributed by atoms with Crippen LogP contribution >= 0.6 is 23.2 Å². The first-order valence-electron chi connectivity index (χ1n) is 4.97. The Morgan fingerprint density at radius 2 is 1.78 bits per heavy atom. The molecule has 1 N–H and O–H groups in total. The second kappa shape index (κ2) is 4.96. The van der Waals surface area contributed by atoms with Gasteiger partial charge in [-0.3, -0.25) is 0 Å². The molecule has 0 aliphatic carbocycles. The minimum absolute atomic E-state index is 0.154. The third kappa shape index (κ3) is 2.47. The molecule has 2 nitrogen and oxygen atoms in total. The van der Waals surface area contributed by atoms with Crippen LogP contribution < -0.4 is 0 Å². The quantitative estimate of drug-likeness (QED) is 0.882. The number of benzene rings is 2. The fourth-order valence-corrected chi connectivity index (χ4v) is 2.02. The number of halogens is 3. The molecule has 0 aliphatic rings. The Morgan fingerprint density at radius 1 is 1.06 bits per heavy atom. The van der Waals surface area contributed by atoms with Gasteiger partial charge in [0.05, 0.1) is 5.56 Å². The molecule has 2 aromatic rings. The van der Waals surface area contributed by atoms with Crippen LogP contribution in [-0.4, -0.2) is 11.1 Å². The van der Waals surface area contributed by atoms with Gasteiger partial charge in [-0.1, -0.05) is 29.3 Å². The van der Waals surface area contributed by atoms with Crippen LogP contribution in [-0.2, 0) is 0 Å². The fourth-order valence-electron chi connectivity index (χ4n) is 1.63. The summed E-state index contributed by atoms with van der Waals surface area (Å²) in [5.41, 5.74) is 0.636. The molecule has 0 radical (unpaired) electrons. The van der Waals surface area contributed by atoms with Crippen LogP contribution in [0.2, 0.25) is 10.0 Å². The van der Waals surface area contributed by atoms with Crippen LogP contribution in [0.5, 0.6) is 0 Å². The average Bonchev–Trinajstić information content (AvgIpc) is 2.32. The smallest absolute Gasteiger partial charge is 0.336 e. The Morgan fingerprint density at radius 3 is 2.44 bits per heavy atom. The lowest BCUT2D eigenvalue weighted by Gasteiger charge is -2.09. The summed E-state index contributed by atoms with van der Waals surface area (Å²) in [6, 6.07) is 8.21. The van der Waals surface area contributed by atoms with Gasteiger partial charge in [-0.25, -0.2) is 9.18 Å². The van der Waals surface area contributed by atoms with E-state index in [-0.39, 0.29) is 5.56 Å². The fraction of sp³-hybridized carbons (Fsp3) is 0. The minimum atomic E-state index is -1.22. The first-order chi connectivity index (χ1) is 8.49. The summed E-state index contributed by atoms with van der Waals surface area (Å²) >= 11 is 11.9. The van der Waals surface area contributed by atoms with E-state index in [2.05, 4.69) is 0 Å². The van der Waals surface area contributed by atoms with Crippen molar-refractivity contribution in [3.8, 4) is 11.1 Å². The predicted octanol–water partition coefficient (Wildman–Crippen LogP) is 4.50. The Balaban J connectivity index is 2.70. The van der Waals surface area contributed by atoms with Gasteiger partial charge in [0.25, 0.3) is 0 Å². The van der Waals surface area contributed by atoms with E-state index in [0.29, 0.717) is 21.2 Å². The predicted molar refractivity (Wildman–Crippen MR) is 68.8 cm³/mol. The van der Waals surface area contributed by atoms with E-state index in [1.165, 1.54) is 12.1 Å². The Hall–Kier alpha value is -1.58. The molecule has 0 aliphatic heterocycles. The van der Waals surface area contributed by atoms with Crippen LogP contribution in [0, 0.1) is 5.82 Å². The van der Waals surface area contributed by atoms with Crippen molar-refractivity contribution in [2.24, 2.45) is 0 Å². The average molecular weight is 285 g/mol. The summed E-state index contributed by atoms with van der Waals surface area (Å²) in [4.78, 5) is 11.1. The van der Waals surface area contributed by atoms with Crippen LogP contribution in [0.4, 0.5) is 4.39 Å². The molecule has 2 rings (SSSR count). The molecule has 0 fully saturated rings. The van der Waals surface area contributed by atoms with Crippen molar-refractivity contribution in [2.75, 3.05) is 0 Å². The molecular weight excluding hydrogens is 278 g/mol. The van der Waals surface area contributed by atoms with Gasteiger partial charge in [-0.15, -0.1) is 0 Å². The van der Waals surface area contributed by atoms with Crippen molar-refractivity contribution < 1.29 is 14.3 Å². The zero-order valence-electron chi connectivity index (χ0n) is 8.95. The van der Waals surface area contributed by atoms with Crippen LogP contribution in [0.3, 0.4) is 0 Å². The zero-order chi connectivity index (χ0) is 13.3. The number of hydrogen-bond acceptors (Lipinski definition) is 1. The molecule has 0 spiro atoms. The molecule has 92 valence electrons. The lowest BCUT2D eigenvalue weighted by Crippen LogP contribution is -2.00. The van der Waals surface area contributed by atoms with Crippen LogP contribution in [0.1, 0.15) is 10.4 Å². The first-order valence-corrected chi connectivity index (χ1v) is 5.73. The minimum Gasteiger partial charge on any atom is -0.478 e. The number of carboxylic acid groups (broad SMARTS) is 1. The van der Waals surface area contributed by atoms with Gasteiger partial charge in [-0.05, 0) is 35.9 Å². The molecule has 18 heavy (non-hydrogen) atoms. The lowest BCUT2D eigenvalue weighted by molar-refractivity contribution is 0.0697. The van der Waals surface area contributed by atoms with E-state index >= 15 is 0 Å². The van der Waals surface area contributed by atoms with E-state index < -0.39 is 11.8 Å². The highest BCUT2D eigenvalue weighted by Crippen LogP contribution is 2.33. The van der Waals surface area contributed by atoms with E-state index in [0.717, 1.165) is 6.07 Å². The number of carbonyl (C=O) groups is 1. The largest absolute Gasteiger partial charge is 0.478 e. The molecule has 0 bridgehead atoms. The molecule has 0 aromatic heterocycles. The summed E-state index contributed by atoms with van der Waals surface area (Å²) in [5.74, 6) is -1.84. The maximum Gasteiger partial charge on any atom is 0.336 e. The highest BCUT2D eigenvalue weighted by atomic mass is 35.5. The highest BCUT2D eigenvalue weighted by molar-refractivity contribution is 6.35. The van der Waals surface area contributed by atoms with E-state index in [1.807, 2.05) is 0 Å². The van der Waals surface area contributed by atoms with Crippen molar-refractivity contribution in [1.82, 2.24) is 0 Å². The molecule has 0 unspecified atom stereocenters. The number of hydrogen-bond donors (Lipinski definition) is 1. The molecule has 0 atom stereocenters. The Kier molecular flexibility index (Phi) is 3.55. The summed E-state index contributed by atoms with van der Waals surface area (Å²) in [7, 11) is 0. The summed E-state index contributed by atoms with van der Waals surface area (Å²) in [6.07, 6.45) is 0. The van der Waals surface area contributed by atoms with Crippen molar-refractivity contribution in [2.45, 2.75) is 0 Å². The monoisotopic (exact) mass is 284 g/mol. The van der Waals surface area contributed by atoms with Gasteiger partial charge in [0.15, 0.2) is 0 Å². The Labute approximate surface area is 113 Å². The second-order valence-electron chi connectivity index (χ2n) is 3.62. The standard InChI is InChI=1S/C13H7Cl2FO2/c14-7-1-4-12(15)10(5-7)9-3-2-8(16)6-11(9)13(17)18/h1-6H,(H,17,18). The molecule has 0 saturated heterocycles. The topological polar surface area (TPSA) is 37.3 Å². The van der Waals surface area contributed by atoms with Crippen molar-refractivity contribution >= 4 is 29.2 Å². The third-order valence-electron chi connectivity index (χ3n) is 2.43. The summed E-state index contributed by atoms with van der Waals surface area (Å²) in [5, 5.41) is 9.85. The van der Waals surface area contributed by atoms with Crippen molar-refractivity contribution in [3.63, 3.8) is 0 Å². The van der Waals surface area contributed by atoms with Gasteiger partial charge in [0.2, 0.25) is 0 Å². The van der Waals surface area contributed by atoms with E-state index in [4.69, 9.17) is 28.3 Å². The van der Waals surface area contributed by atoms with Crippen LogP contribution in [0.25, 0.3) is 11.1 Å². The first kappa shape index (κ1) is 12.9. The van der Waals surface area contributed by atoms with Gasteiger partial charge < -0.3 is 5.11 Å². The number of rotatable bonds is 2. The van der Waals surface area contributed by atoms with Crippen molar-refractivity contribution in [3.05, 3.63) is 57.8 Å². The Bertz CT molecular complexity index is 626. The molecule has 0 amide bonds. The molecule has 5 heteroatoms.